The summed E-state index contributed by atoms with van der Waals surface area (Å²) in [6, 6.07) is 0. The largest absolute Gasteiger partial charge is 0.387 e. The molecule has 0 aliphatic carbocycles. The molecule has 96 valence electrons. The van der Waals surface area contributed by atoms with Crippen LogP contribution in [0.5, 0.6) is 0 Å². The summed E-state index contributed by atoms with van der Waals surface area (Å²) in [5.41, 5.74) is 1.17. The van der Waals surface area contributed by atoms with E-state index in [0.717, 1.165) is 29.8 Å². The first-order valence-corrected chi connectivity index (χ1v) is 7.14. The Morgan fingerprint density at radius 1 is 1.53 bits per heavy atom. The lowest BCUT2D eigenvalue weighted by molar-refractivity contribution is 0.195. The topological polar surface area (TPSA) is 36.4 Å². The molecule has 0 spiro atoms. The summed E-state index contributed by atoms with van der Waals surface area (Å²) in [5, 5.41) is 12.5. The summed E-state index contributed by atoms with van der Waals surface area (Å²) < 4.78 is 0. The third kappa shape index (κ3) is 2.80. The molecule has 2 rings (SSSR count). The average molecular weight is 254 g/mol. The molecule has 0 radical (unpaired) electrons. The molecule has 2 heterocycles. The summed E-state index contributed by atoms with van der Waals surface area (Å²) in [5.74, 6) is 0.737. The highest BCUT2D eigenvalue weighted by Gasteiger charge is 2.32. The van der Waals surface area contributed by atoms with Crippen LogP contribution in [0, 0.1) is 11.3 Å². The Hall–Kier alpha value is -0.610. The lowest BCUT2D eigenvalue weighted by atomic mass is 9.80. The minimum Gasteiger partial charge on any atom is -0.387 e. The number of aromatic nitrogens is 1. The van der Waals surface area contributed by atoms with E-state index in [4.69, 9.17) is 0 Å². The number of thiazole rings is 1. The maximum Gasteiger partial charge on any atom is 0.185 e. The van der Waals surface area contributed by atoms with Gasteiger partial charge in [0.15, 0.2) is 5.13 Å². The molecular formula is C13H22N2OS. The van der Waals surface area contributed by atoms with Crippen LogP contribution in [-0.4, -0.2) is 23.2 Å². The number of aliphatic hydroxyl groups excluding tert-OH is 1. The van der Waals surface area contributed by atoms with E-state index in [9.17, 15) is 5.11 Å². The molecule has 0 amide bonds. The summed E-state index contributed by atoms with van der Waals surface area (Å²) in [4.78, 5) is 6.86. The molecule has 1 fully saturated rings. The van der Waals surface area contributed by atoms with Crippen LogP contribution < -0.4 is 4.90 Å². The minimum absolute atomic E-state index is 0.374. The smallest absolute Gasteiger partial charge is 0.185 e. The average Bonchev–Trinajstić information content (AvgIpc) is 2.85. The van der Waals surface area contributed by atoms with E-state index < -0.39 is 6.10 Å². The van der Waals surface area contributed by atoms with Crippen molar-refractivity contribution >= 4 is 16.5 Å². The zero-order valence-corrected chi connectivity index (χ0v) is 11.9. The van der Waals surface area contributed by atoms with Crippen LogP contribution in [0.3, 0.4) is 0 Å². The van der Waals surface area contributed by atoms with Crippen LogP contribution in [0.1, 0.15) is 45.9 Å². The van der Waals surface area contributed by atoms with Crippen LogP contribution in [-0.2, 0) is 0 Å². The Morgan fingerprint density at radius 2 is 2.24 bits per heavy atom. The predicted octanol–water partition coefficient (Wildman–Crippen LogP) is 3.07. The highest BCUT2D eigenvalue weighted by molar-refractivity contribution is 7.13. The summed E-state index contributed by atoms with van der Waals surface area (Å²) in [7, 11) is 0. The molecule has 1 aliphatic rings. The lowest BCUT2D eigenvalue weighted by Crippen LogP contribution is -2.25. The second-order valence-electron chi connectivity index (χ2n) is 6.03. The molecule has 0 aromatic carbocycles. The second-order valence-corrected chi connectivity index (χ2v) is 6.87. The molecule has 2 atom stereocenters. The molecule has 1 aliphatic heterocycles. The van der Waals surface area contributed by atoms with E-state index in [1.165, 1.54) is 6.42 Å². The van der Waals surface area contributed by atoms with Crippen molar-refractivity contribution in [2.75, 3.05) is 18.0 Å². The molecule has 2 unspecified atom stereocenters. The van der Waals surface area contributed by atoms with Crippen molar-refractivity contribution in [3.8, 4) is 0 Å². The molecular weight excluding hydrogens is 232 g/mol. The number of rotatable bonds is 2. The van der Waals surface area contributed by atoms with E-state index in [-0.39, 0.29) is 0 Å². The zero-order chi connectivity index (χ0) is 12.6. The predicted molar refractivity (Wildman–Crippen MR) is 72.5 cm³/mol. The summed E-state index contributed by atoms with van der Waals surface area (Å²) in [6.07, 6.45) is 0.786. The first kappa shape index (κ1) is 12.8. The first-order valence-electron chi connectivity index (χ1n) is 6.26. The first-order chi connectivity index (χ1) is 7.88. The van der Waals surface area contributed by atoms with E-state index in [0.29, 0.717) is 5.41 Å². The summed E-state index contributed by atoms with van der Waals surface area (Å²) >= 11 is 1.64. The number of nitrogens with zero attached hydrogens (tertiary/aromatic N) is 2. The van der Waals surface area contributed by atoms with Crippen LogP contribution in [0.2, 0.25) is 0 Å². The van der Waals surface area contributed by atoms with Gasteiger partial charge in [-0.15, -0.1) is 11.3 Å². The SMILES string of the molecule is CC(O)c1csc(N2CCC(C(C)(C)C)C2)n1. The molecule has 1 aromatic heterocycles. The highest BCUT2D eigenvalue weighted by atomic mass is 32.1. The van der Waals surface area contributed by atoms with Gasteiger partial charge in [0.1, 0.15) is 0 Å². The Bertz CT molecular complexity index is 381. The third-order valence-electron chi connectivity index (χ3n) is 3.62. The Kier molecular flexibility index (Phi) is 3.46. The molecule has 1 aromatic rings. The van der Waals surface area contributed by atoms with Gasteiger partial charge < -0.3 is 10.0 Å². The monoisotopic (exact) mass is 254 g/mol. The van der Waals surface area contributed by atoms with E-state index >= 15 is 0 Å². The number of aliphatic hydroxyl groups is 1. The summed E-state index contributed by atoms with van der Waals surface area (Å²) in [6.45, 7) is 10.9. The van der Waals surface area contributed by atoms with Gasteiger partial charge in [-0.05, 0) is 24.7 Å². The number of hydrogen-bond donors (Lipinski definition) is 1. The molecule has 3 nitrogen and oxygen atoms in total. The number of hydrogen-bond acceptors (Lipinski definition) is 4. The van der Waals surface area contributed by atoms with Crippen LogP contribution in [0.15, 0.2) is 5.38 Å². The van der Waals surface area contributed by atoms with Crippen molar-refractivity contribution in [3.63, 3.8) is 0 Å². The fourth-order valence-corrected chi connectivity index (χ4v) is 3.20. The van der Waals surface area contributed by atoms with Crippen molar-refractivity contribution in [3.05, 3.63) is 11.1 Å². The van der Waals surface area contributed by atoms with Gasteiger partial charge in [-0.25, -0.2) is 4.98 Å². The lowest BCUT2D eigenvalue weighted by Gasteiger charge is -2.26. The van der Waals surface area contributed by atoms with Crippen molar-refractivity contribution in [1.82, 2.24) is 4.98 Å². The molecule has 4 heteroatoms. The fourth-order valence-electron chi connectivity index (χ4n) is 2.25. The van der Waals surface area contributed by atoms with Crippen molar-refractivity contribution < 1.29 is 5.11 Å². The van der Waals surface area contributed by atoms with Gasteiger partial charge in [-0.1, -0.05) is 20.8 Å². The number of anilines is 1. The van der Waals surface area contributed by atoms with Gasteiger partial charge in [0.05, 0.1) is 11.8 Å². The van der Waals surface area contributed by atoms with E-state index in [1.54, 1.807) is 18.3 Å². The van der Waals surface area contributed by atoms with Crippen molar-refractivity contribution in [2.24, 2.45) is 11.3 Å². The maximum atomic E-state index is 9.49. The standard InChI is InChI=1S/C13H22N2OS/c1-9(16)11-8-17-12(14-11)15-6-5-10(7-15)13(2,3)4/h8-10,16H,5-7H2,1-4H3. The Morgan fingerprint density at radius 3 is 2.71 bits per heavy atom. The Balaban J connectivity index is 2.05. The highest BCUT2D eigenvalue weighted by Crippen LogP contribution is 2.36. The van der Waals surface area contributed by atoms with E-state index in [1.807, 2.05) is 5.38 Å². The van der Waals surface area contributed by atoms with E-state index in [2.05, 4.69) is 30.7 Å². The normalized spacial score (nSPS) is 23.1. The fraction of sp³-hybridized carbons (Fsp3) is 0.769. The van der Waals surface area contributed by atoms with Crippen LogP contribution >= 0.6 is 11.3 Å². The molecule has 1 N–H and O–H groups in total. The third-order valence-corrected chi connectivity index (χ3v) is 4.54. The Labute approximate surface area is 107 Å². The van der Waals surface area contributed by atoms with Crippen LogP contribution in [0.25, 0.3) is 0 Å². The maximum absolute atomic E-state index is 9.49. The zero-order valence-electron chi connectivity index (χ0n) is 11.1. The van der Waals surface area contributed by atoms with Gasteiger partial charge in [0.2, 0.25) is 0 Å². The molecule has 1 saturated heterocycles. The van der Waals surface area contributed by atoms with Crippen molar-refractivity contribution in [1.29, 1.82) is 0 Å². The van der Waals surface area contributed by atoms with Gasteiger partial charge in [-0.2, -0.15) is 0 Å². The van der Waals surface area contributed by atoms with Gasteiger partial charge in [-0.3, -0.25) is 0 Å². The quantitative estimate of drug-likeness (QED) is 0.881. The van der Waals surface area contributed by atoms with Gasteiger partial charge in [0.25, 0.3) is 0 Å². The van der Waals surface area contributed by atoms with Gasteiger partial charge >= 0.3 is 0 Å². The van der Waals surface area contributed by atoms with Gasteiger partial charge in [0, 0.05) is 18.5 Å². The van der Waals surface area contributed by atoms with Crippen LogP contribution in [0.4, 0.5) is 5.13 Å². The molecule has 0 saturated carbocycles. The minimum atomic E-state index is -0.457. The molecule has 0 bridgehead atoms. The second kappa shape index (κ2) is 4.58. The van der Waals surface area contributed by atoms with Crippen molar-refractivity contribution in [2.45, 2.75) is 40.2 Å². The molecule has 17 heavy (non-hydrogen) atoms.